The van der Waals surface area contributed by atoms with Gasteiger partial charge in [0, 0.05) is 17.5 Å². The molecule has 0 amide bonds. The van der Waals surface area contributed by atoms with Crippen molar-refractivity contribution in [3.05, 3.63) is 133 Å². The zero-order chi connectivity index (χ0) is 30.0. The highest BCUT2D eigenvalue weighted by molar-refractivity contribution is 6.95. The number of unbranched alkanes of at least 4 members (excludes halogenated alkanes) is 9. The second kappa shape index (κ2) is 18.8. The van der Waals surface area contributed by atoms with Crippen molar-refractivity contribution in [2.45, 2.75) is 91.0 Å². The predicted molar refractivity (Wildman–Crippen MR) is 189 cm³/mol. The summed E-state index contributed by atoms with van der Waals surface area (Å²) in [5.74, 6) is 0. The molecule has 5 rings (SSSR count). The lowest BCUT2D eigenvalue weighted by Crippen LogP contribution is -2.53. The molecule has 222 valence electrons. The number of nitrogens with zero attached hydrogens (tertiary/aromatic N) is 1. The van der Waals surface area contributed by atoms with Crippen LogP contribution in [-0.4, -0.2) is 6.71 Å². The smallest absolute Gasteiger partial charge is 0.199 e. The summed E-state index contributed by atoms with van der Waals surface area (Å²) < 4.78 is 2.25. The van der Waals surface area contributed by atoms with Gasteiger partial charge in [-0.1, -0.05) is 184 Å². The van der Waals surface area contributed by atoms with E-state index in [1.54, 1.807) is 0 Å². The van der Waals surface area contributed by atoms with Crippen LogP contribution in [0.4, 0.5) is 0 Å². The second-order valence-electron chi connectivity index (χ2n) is 11.7. The number of aromatic nitrogens is 1. The van der Waals surface area contributed by atoms with Gasteiger partial charge in [0.25, 0.3) is 0 Å². The Labute approximate surface area is 262 Å². The van der Waals surface area contributed by atoms with Crippen LogP contribution in [-0.2, 0) is 13.0 Å². The Morgan fingerprint density at radius 2 is 1.00 bits per heavy atom. The molecule has 4 aromatic carbocycles. The molecule has 0 saturated carbocycles. The lowest BCUT2D eigenvalue weighted by atomic mass is 9.36. The lowest BCUT2D eigenvalue weighted by molar-refractivity contribution is -0.667. The van der Waals surface area contributed by atoms with Crippen LogP contribution in [0.25, 0.3) is 10.9 Å². The van der Waals surface area contributed by atoms with Crippen molar-refractivity contribution < 1.29 is 4.57 Å². The Morgan fingerprint density at radius 3 is 1.63 bits per heavy atom. The van der Waals surface area contributed by atoms with E-state index in [1.807, 2.05) is 0 Å². The normalized spacial score (nSPS) is 10.7. The van der Waals surface area contributed by atoms with E-state index in [9.17, 15) is 0 Å². The van der Waals surface area contributed by atoms with Crippen molar-refractivity contribution in [1.82, 2.24) is 0 Å². The quantitative estimate of drug-likeness (QED) is 0.0675. The van der Waals surface area contributed by atoms with E-state index in [0.29, 0.717) is 6.71 Å². The number of aryl methyl sites for hydroxylation is 2. The lowest BCUT2D eigenvalue weighted by Gasteiger charge is -2.19. The Bertz CT molecular complexity index is 1400. The first-order valence-corrected chi connectivity index (χ1v) is 16.9. The zero-order valence-electron chi connectivity index (χ0n) is 26.6. The van der Waals surface area contributed by atoms with E-state index in [0.717, 1.165) is 6.54 Å². The summed E-state index contributed by atoms with van der Waals surface area (Å²) in [6.07, 6.45) is 17.2. The van der Waals surface area contributed by atoms with Crippen molar-refractivity contribution >= 4 is 34.0 Å². The number of rotatable bonds is 15. The van der Waals surface area contributed by atoms with Gasteiger partial charge in [-0.2, -0.15) is 4.57 Å². The molecule has 0 aliphatic rings. The molecule has 0 spiro atoms. The van der Waals surface area contributed by atoms with Gasteiger partial charge in [0.05, 0.1) is 0 Å². The number of pyridine rings is 1. The minimum Gasteiger partial charge on any atom is -0.199 e. The molecule has 0 saturated heterocycles. The maximum atomic E-state index is 2.35. The van der Waals surface area contributed by atoms with Gasteiger partial charge in [-0.05, 0) is 31.9 Å². The second-order valence-corrected chi connectivity index (χ2v) is 11.7. The maximum Gasteiger partial charge on any atom is 0.241 e. The van der Waals surface area contributed by atoms with E-state index in [2.05, 4.69) is 146 Å². The average Bonchev–Trinajstić information content (AvgIpc) is 3.07. The number of fused-ring (bicyclic) bond motifs is 1. The molecule has 0 aliphatic carbocycles. The van der Waals surface area contributed by atoms with Crippen molar-refractivity contribution in [2.75, 3.05) is 0 Å². The van der Waals surface area contributed by atoms with Gasteiger partial charge in [-0.3, -0.25) is 0 Å². The van der Waals surface area contributed by atoms with E-state index < -0.39 is 0 Å². The first kappa shape index (κ1) is 32.3. The van der Waals surface area contributed by atoms with Gasteiger partial charge in [-0.15, -0.1) is 0 Å². The van der Waals surface area contributed by atoms with Gasteiger partial charge in [0.15, 0.2) is 6.20 Å². The molecule has 1 heterocycles. The van der Waals surface area contributed by atoms with Gasteiger partial charge in [0.2, 0.25) is 12.2 Å². The van der Waals surface area contributed by atoms with E-state index in [1.165, 1.54) is 103 Å². The van der Waals surface area contributed by atoms with Crippen LogP contribution in [0.1, 0.15) is 83.6 Å². The summed E-state index contributed by atoms with van der Waals surface area (Å²) in [5, 5.41) is 1.31. The molecule has 0 radical (unpaired) electrons. The van der Waals surface area contributed by atoms with E-state index >= 15 is 0 Å². The number of benzene rings is 4. The summed E-state index contributed by atoms with van der Waals surface area (Å²) in [6.45, 7) is 5.79. The van der Waals surface area contributed by atoms with Gasteiger partial charge < -0.3 is 0 Å². The van der Waals surface area contributed by atoms with Crippen molar-refractivity contribution in [2.24, 2.45) is 0 Å². The van der Waals surface area contributed by atoms with Crippen molar-refractivity contribution in [3.8, 4) is 0 Å². The third-order valence-corrected chi connectivity index (χ3v) is 8.56. The summed E-state index contributed by atoms with van der Waals surface area (Å²) in [6, 6.07) is 43.7. The first-order valence-electron chi connectivity index (χ1n) is 16.9. The van der Waals surface area contributed by atoms with Crippen molar-refractivity contribution in [3.63, 3.8) is 0 Å². The fraction of sp³-hybridized carbons (Fsp3) is 0.341. The maximum absolute atomic E-state index is 2.35. The monoisotopic (exact) mass is 568 g/mol. The van der Waals surface area contributed by atoms with Crippen LogP contribution < -0.4 is 21.0 Å². The molecule has 43 heavy (non-hydrogen) atoms. The Balaban J connectivity index is 0.000000292. The third-order valence-electron chi connectivity index (χ3n) is 8.56. The molecule has 0 bridgehead atoms. The Hall–Kier alpha value is -3.65. The molecule has 0 unspecified atom stereocenters. The van der Waals surface area contributed by atoms with Gasteiger partial charge >= 0.3 is 0 Å². The average molecular weight is 569 g/mol. The molecule has 1 nitrogen and oxygen atoms in total. The highest BCUT2D eigenvalue weighted by atomic mass is 14.9. The summed E-state index contributed by atoms with van der Waals surface area (Å²) in [4.78, 5) is 0. The molecular weight excluding hydrogens is 517 g/mol. The van der Waals surface area contributed by atoms with Crippen LogP contribution in [0.5, 0.6) is 0 Å². The topological polar surface area (TPSA) is 3.88 Å². The molecule has 0 N–H and O–H groups in total. The minimum atomic E-state index is 0.307. The molecular formula is C41H51BN+. The molecule has 0 fully saturated rings. The van der Waals surface area contributed by atoms with E-state index in [-0.39, 0.29) is 0 Å². The molecule has 2 heteroatoms. The Morgan fingerprint density at radius 1 is 0.488 bits per heavy atom. The third kappa shape index (κ3) is 10.2. The molecule has 1 aromatic heterocycles. The summed E-state index contributed by atoms with van der Waals surface area (Å²) in [7, 11) is 0. The number of para-hydroxylation sites is 1. The van der Waals surface area contributed by atoms with Gasteiger partial charge in [0.1, 0.15) is 6.54 Å². The molecule has 5 aromatic rings. The fourth-order valence-corrected chi connectivity index (χ4v) is 6.19. The summed E-state index contributed by atoms with van der Waals surface area (Å²) in [5.41, 5.74) is 7.05. The molecule has 0 aliphatic heterocycles. The Kier molecular flexibility index (Phi) is 14.1. The van der Waals surface area contributed by atoms with Crippen LogP contribution in [0.15, 0.2) is 128 Å². The first-order chi connectivity index (χ1) is 21.3. The van der Waals surface area contributed by atoms with Crippen LogP contribution in [0.2, 0.25) is 0 Å². The predicted octanol–water partition coefficient (Wildman–Crippen LogP) is 8.81. The molecule has 0 atom stereocenters. The summed E-state index contributed by atoms with van der Waals surface area (Å²) >= 11 is 0. The highest BCUT2D eigenvalue weighted by Gasteiger charge is 2.23. The number of hydrogen-bond acceptors (Lipinski definition) is 0. The largest absolute Gasteiger partial charge is 0.241 e. The highest BCUT2D eigenvalue weighted by Crippen LogP contribution is 2.13. The number of hydrogen-bond donors (Lipinski definition) is 0. The van der Waals surface area contributed by atoms with Crippen LogP contribution in [0.3, 0.4) is 0 Å². The van der Waals surface area contributed by atoms with Crippen LogP contribution >= 0.6 is 0 Å². The zero-order valence-corrected chi connectivity index (χ0v) is 26.6. The standard InChI is InChI=1S/C30H39B.C11H12N/c1-2-3-4-5-6-7-8-9-10-13-20-27-21-18-19-26-30(27)31(28-22-14-11-15-23-28)29-24-16-12-17-25-29;1-2-12-9-5-7-10-6-3-4-8-11(10)12/h11-12,14-19,21-26H,2-10,13,20H2,1H3;3-9H,2H2,1H3/q;+1. The fourth-order valence-electron chi connectivity index (χ4n) is 6.19. The minimum absolute atomic E-state index is 0.307. The van der Waals surface area contributed by atoms with Gasteiger partial charge in [-0.25, -0.2) is 0 Å². The van der Waals surface area contributed by atoms with Crippen LogP contribution in [0, 0.1) is 0 Å². The van der Waals surface area contributed by atoms with E-state index in [4.69, 9.17) is 0 Å². The van der Waals surface area contributed by atoms with Crippen molar-refractivity contribution in [1.29, 1.82) is 0 Å². The SMILES string of the molecule is CCCCCCCCCCCCc1ccccc1B(c1ccccc1)c1ccccc1.CC[n+]1cccc2ccccc21.